The molecule has 0 unspecified atom stereocenters. The van der Waals surface area contributed by atoms with Crippen LogP contribution in [0.4, 0.5) is 5.00 Å². The summed E-state index contributed by atoms with van der Waals surface area (Å²) in [6.07, 6.45) is 1.48. The normalized spacial score (nSPS) is 9.39. The number of benzene rings is 1. The van der Waals surface area contributed by atoms with Crippen molar-refractivity contribution < 1.29 is 9.90 Å². The Hall–Kier alpha value is -2.23. The first-order chi connectivity index (χ1) is 8.79. The average molecular weight is 259 g/mol. The van der Waals surface area contributed by atoms with Crippen LogP contribution in [0.15, 0.2) is 30.5 Å². The fourth-order valence-corrected chi connectivity index (χ4v) is 1.70. The second kappa shape index (κ2) is 5.91. The van der Waals surface area contributed by atoms with Crippen molar-refractivity contribution in [2.24, 2.45) is 0 Å². The third kappa shape index (κ3) is 3.13. The molecule has 0 aliphatic heterocycles. The standard InChI is InChI=1S/C12H9N3O2S/c16-6-2-4-9-3-1-5-10(7-9)12(17)14-11-8-13-15-18-11/h1,3,5,7-8,16H,6H2,(H,14,17). The summed E-state index contributed by atoms with van der Waals surface area (Å²) in [5.41, 5.74) is 1.17. The molecule has 6 heteroatoms. The van der Waals surface area contributed by atoms with Gasteiger partial charge in [-0.2, -0.15) is 0 Å². The van der Waals surface area contributed by atoms with E-state index in [1.807, 2.05) is 0 Å². The third-order valence-electron chi connectivity index (χ3n) is 2.03. The average Bonchev–Trinajstić information content (AvgIpc) is 2.89. The molecule has 2 aromatic rings. The van der Waals surface area contributed by atoms with E-state index in [1.54, 1.807) is 24.3 Å². The number of anilines is 1. The van der Waals surface area contributed by atoms with Crippen molar-refractivity contribution in [3.63, 3.8) is 0 Å². The van der Waals surface area contributed by atoms with Crippen LogP contribution in [0.25, 0.3) is 0 Å². The Labute approximate surface area is 108 Å². The quantitative estimate of drug-likeness (QED) is 0.793. The Bertz CT molecular complexity index is 599. The molecule has 0 aliphatic rings. The topological polar surface area (TPSA) is 75.1 Å². The zero-order valence-electron chi connectivity index (χ0n) is 9.25. The number of aliphatic hydroxyl groups is 1. The fraction of sp³-hybridized carbons (Fsp3) is 0.0833. The summed E-state index contributed by atoms with van der Waals surface area (Å²) in [7, 11) is 0. The van der Waals surface area contributed by atoms with Crippen molar-refractivity contribution in [2.75, 3.05) is 11.9 Å². The van der Waals surface area contributed by atoms with Crippen LogP contribution in [0.5, 0.6) is 0 Å². The van der Waals surface area contributed by atoms with Crippen molar-refractivity contribution >= 4 is 22.4 Å². The molecule has 18 heavy (non-hydrogen) atoms. The van der Waals surface area contributed by atoms with Gasteiger partial charge in [-0.3, -0.25) is 4.79 Å². The molecule has 2 N–H and O–H groups in total. The lowest BCUT2D eigenvalue weighted by Crippen LogP contribution is -2.10. The predicted molar refractivity (Wildman–Crippen MR) is 68.3 cm³/mol. The molecule has 0 atom stereocenters. The zero-order valence-corrected chi connectivity index (χ0v) is 10.1. The molecule has 90 valence electrons. The lowest BCUT2D eigenvalue weighted by Gasteiger charge is -2.01. The third-order valence-corrected chi connectivity index (χ3v) is 2.61. The van der Waals surface area contributed by atoms with Gasteiger partial charge in [0.2, 0.25) is 0 Å². The van der Waals surface area contributed by atoms with Crippen LogP contribution in [0.2, 0.25) is 0 Å². The van der Waals surface area contributed by atoms with E-state index in [1.165, 1.54) is 6.20 Å². The highest BCUT2D eigenvalue weighted by Gasteiger charge is 2.07. The van der Waals surface area contributed by atoms with Crippen molar-refractivity contribution in [3.8, 4) is 11.8 Å². The van der Waals surface area contributed by atoms with Crippen LogP contribution >= 0.6 is 11.5 Å². The van der Waals surface area contributed by atoms with Crippen LogP contribution in [0.1, 0.15) is 15.9 Å². The summed E-state index contributed by atoms with van der Waals surface area (Å²) >= 11 is 1.11. The monoisotopic (exact) mass is 259 g/mol. The number of nitrogens with one attached hydrogen (secondary N) is 1. The van der Waals surface area contributed by atoms with Crippen LogP contribution < -0.4 is 5.32 Å². The number of carbonyl (C=O) groups excluding carboxylic acids is 1. The summed E-state index contributed by atoms with van der Waals surface area (Å²) < 4.78 is 3.65. The highest BCUT2D eigenvalue weighted by atomic mass is 32.1. The van der Waals surface area contributed by atoms with Crippen molar-refractivity contribution in [3.05, 3.63) is 41.6 Å². The second-order valence-electron chi connectivity index (χ2n) is 3.28. The van der Waals surface area contributed by atoms with Gasteiger partial charge in [0.05, 0.1) is 6.20 Å². The van der Waals surface area contributed by atoms with E-state index < -0.39 is 0 Å². The summed E-state index contributed by atoms with van der Waals surface area (Å²) in [5, 5.41) is 15.5. The summed E-state index contributed by atoms with van der Waals surface area (Å²) in [4.78, 5) is 11.9. The Morgan fingerprint density at radius 2 is 2.39 bits per heavy atom. The van der Waals surface area contributed by atoms with Crippen molar-refractivity contribution in [1.29, 1.82) is 0 Å². The highest BCUT2D eigenvalue weighted by molar-refractivity contribution is 7.10. The maximum Gasteiger partial charge on any atom is 0.256 e. The molecule has 1 heterocycles. The molecule has 0 fully saturated rings. The van der Waals surface area contributed by atoms with E-state index in [0.29, 0.717) is 16.1 Å². The van der Waals surface area contributed by atoms with E-state index in [2.05, 4.69) is 26.7 Å². The van der Waals surface area contributed by atoms with Gasteiger partial charge in [-0.05, 0) is 18.2 Å². The smallest absolute Gasteiger partial charge is 0.256 e. The molecular formula is C12H9N3O2S. The largest absolute Gasteiger partial charge is 0.384 e. The molecule has 0 saturated heterocycles. The van der Waals surface area contributed by atoms with Gasteiger partial charge in [-0.25, -0.2) is 0 Å². The number of aliphatic hydroxyl groups excluding tert-OH is 1. The molecule has 0 spiro atoms. The first kappa shape index (κ1) is 12.2. The number of nitrogens with zero attached hydrogens (tertiary/aromatic N) is 2. The van der Waals surface area contributed by atoms with E-state index in [0.717, 1.165) is 11.5 Å². The molecule has 1 aromatic carbocycles. The summed E-state index contributed by atoms with van der Waals surface area (Å²) in [6.45, 7) is -0.205. The Balaban J connectivity index is 2.15. The number of hydrogen-bond acceptors (Lipinski definition) is 5. The molecular weight excluding hydrogens is 250 g/mol. The van der Waals surface area contributed by atoms with Crippen LogP contribution in [-0.4, -0.2) is 27.2 Å². The minimum Gasteiger partial charge on any atom is -0.384 e. The molecule has 0 bridgehead atoms. The Morgan fingerprint density at radius 3 is 3.11 bits per heavy atom. The van der Waals surface area contributed by atoms with Gasteiger partial charge < -0.3 is 10.4 Å². The first-order valence-electron chi connectivity index (χ1n) is 5.08. The number of amides is 1. The molecule has 2 rings (SSSR count). The Morgan fingerprint density at radius 1 is 1.50 bits per heavy atom. The fourth-order valence-electron chi connectivity index (χ4n) is 1.29. The number of rotatable bonds is 2. The van der Waals surface area contributed by atoms with Gasteiger partial charge in [0, 0.05) is 22.7 Å². The van der Waals surface area contributed by atoms with E-state index >= 15 is 0 Å². The maximum absolute atomic E-state index is 11.9. The molecule has 0 radical (unpaired) electrons. The van der Waals surface area contributed by atoms with Gasteiger partial charge in [0.25, 0.3) is 5.91 Å². The van der Waals surface area contributed by atoms with Gasteiger partial charge in [0.1, 0.15) is 11.6 Å². The zero-order chi connectivity index (χ0) is 12.8. The SMILES string of the molecule is O=C(Nc1cnns1)c1cccc(C#CCO)c1. The lowest BCUT2D eigenvalue weighted by atomic mass is 10.1. The molecule has 1 amide bonds. The lowest BCUT2D eigenvalue weighted by molar-refractivity contribution is 0.102. The van der Waals surface area contributed by atoms with Crippen LogP contribution in [0, 0.1) is 11.8 Å². The first-order valence-corrected chi connectivity index (χ1v) is 5.85. The highest BCUT2D eigenvalue weighted by Crippen LogP contribution is 2.12. The van der Waals surface area contributed by atoms with E-state index in [4.69, 9.17) is 5.11 Å². The second-order valence-corrected chi connectivity index (χ2v) is 4.06. The molecule has 1 aromatic heterocycles. The molecule has 0 aliphatic carbocycles. The molecule has 5 nitrogen and oxygen atoms in total. The minimum absolute atomic E-state index is 0.205. The van der Waals surface area contributed by atoms with E-state index in [-0.39, 0.29) is 12.5 Å². The van der Waals surface area contributed by atoms with Crippen LogP contribution in [0.3, 0.4) is 0 Å². The van der Waals surface area contributed by atoms with Gasteiger partial charge in [-0.1, -0.05) is 22.4 Å². The van der Waals surface area contributed by atoms with Gasteiger partial charge in [-0.15, -0.1) is 5.10 Å². The summed E-state index contributed by atoms with van der Waals surface area (Å²) in [6, 6.07) is 6.86. The maximum atomic E-state index is 11.9. The number of carbonyl (C=O) groups is 1. The number of aromatic nitrogens is 2. The van der Waals surface area contributed by atoms with Gasteiger partial charge >= 0.3 is 0 Å². The van der Waals surface area contributed by atoms with Crippen molar-refractivity contribution in [2.45, 2.75) is 0 Å². The predicted octanol–water partition coefficient (Wildman–Crippen LogP) is 1.13. The van der Waals surface area contributed by atoms with Gasteiger partial charge in [0.15, 0.2) is 0 Å². The Kier molecular flexibility index (Phi) is 4.02. The number of hydrogen-bond donors (Lipinski definition) is 2. The molecule has 0 saturated carbocycles. The van der Waals surface area contributed by atoms with Crippen molar-refractivity contribution in [1.82, 2.24) is 9.59 Å². The van der Waals surface area contributed by atoms with Crippen LogP contribution in [-0.2, 0) is 0 Å². The minimum atomic E-state index is -0.242. The van der Waals surface area contributed by atoms with E-state index in [9.17, 15) is 4.79 Å². The summed E-state index contributed by atoms with van der Waals surface area (Å²) in [5.74, 6) is 5.04.